The lowest BCUT2D eigenvalue weighted by Gasteiger charge is -2.36. The average Bonchev–Trinajstić information content (AvgIpc) is 2.19. The van der Waals surface area contributed by atoms with Crippen LogP contribution in [0, 0.1) is 0 Å². The molecule has 1 aliphatic rings. The first-order valence-electron chi connectivity index (χ1n) is 4.78. The highest BCUT2D eigenvalue weighted by Crippen LogP contribution is 2.27. The molecule has 2 N–H and O–H groups in total. The SMILES string of the molecule is C=CC(=O)NC1(CO)CCCCC1. The molecule has 1 amide bonds. The molecular formula is C10H17NO2. The summed E-state index contributed by atoms with van der Waals surface area (Å²) in [6, 6.07) is 0. The summed E-state index contributed by atoms with van der Waals surface area (Å²) in [5.74, 6) is -0.184. The Morgan fingerprint density at radius 2 is 2.08 bits per heavy atom. The van der Waals surface area contributed by atoms with Crippen molar-refractivity contribution in [3.63, 3.8) is 0 Å². The molecule has 0 heterocycles. The first-order chi connectivity index (χ1) is 6.22. The fourth-order valence-corrected chi connectivity index (χ4v) is 1.86. The van der Waals surface area contributed by atoms with Crippen LogP contribution in [0.3, 0.4) is 0 Å². The van der Waals surface area contributed by atoms with Crippen LogP contribution < -0.4 is 5.32 Å². The van der Waals surface area contributed by atoms with E-state index in [1.807, 2.05) is 0 Å². The lowest BCUT2D eigenvalue weighted by molar-refractivity contribution is -0.119. The van der Waals surface area contributed by atoms with Crippen LogP contribution in [0.25, 0.3) is 0 Å². The molecule has 0 saturated heterocycles. The molecule has 74 valence electrons. The molecule has 0 bridgehead atoms. The summed E-state index contributed by atoms with van der Waals surface area (Å²) in [7, 11) is 0. The largest absolute Gasteiger partial charge is 0.394 e. The first-order valence-corrected chi connectivity index (χ1v) is 4.78. The van der Waals surface area contributed by atoms with E-state index in [2.05, 4.69) is 11.9 Å². The van der Waals surface area contributed by atoms with Crippen LogP contribution in [-0.4, -0.2) is 23.2 Å². The Morgan fingerprint density at radius 1 is 1.46 bits per heavy atom. The molecule has 0 aromatic heterocycles. The summed E-state index contributed by atoms with van der Waals surface area (Å²) < 4.78 is 0. The Hall–Kier alpha value is -0.830. The molecule has 0 radical (unpaired) electrons. The third-order valence-electron chi connectivity index (χ3n) is 2.69. The lowest BCUT2D eigenvalue weighted by Crippen LogP contribution is -2.52. The van der Waals surface area contributed by atoms with Crippen molar-refractivity contribution in [1.29, 1.82) is 0 Å². The molecule has 0 aromatic rings. The number of rotatable bonds is 3. The first kappa shape index (κ1) is 10.3. The van der Waals surface area contributed by atoms with Crippen LogP contribution in [0.15, 0.2) is 12.7 Å². The molecular weight excluding hydrogens is 166 g/mol. The van der Waals surface area contributed by atoms with E-state index in [1.54, 1.807) is 0 Å². The van der Waals surface area contributed by atoms with Gasteiger partial charge in [-0.15, -0.1) is 0 Å². The van der Waals surface area contributed by atoms with Gasteiger partial charge in [0.2, 0.25) is 5.91 Å². The van der Waals surface area contributed by atoms with Gasteiger partial charge in [-0.1, -0.05) is 25.8 Å². The Morgan fingerprint density at radius 3 is 2.54 bits per heavy atom. The highest BCUT2D eigenvalue weighted by molar-refractivity contribution is 5.87. The molecule has 3 heteroatoms. The van der Waals surface area contributed by atoms with Crippen LogP contribution in [0.5, 0.6) is 0 Å². The fourth-order valence-electron chi connectivity index (χ4n) is 1.86. The second kappa shape index (κ2) is 4.42. The number of hydrogen-bond donors (Lipinski definition) is 2. The van der Waals surface area contributed by atoms with Crippen LogP contribution in [0.2, 0.25) is 0 Å². The van der Waals surface area contributed by atoms with Crippen molar-refractivity contribution in [3.05, 3.63) is 12.7 Å². The smallest absolute Gasteiger partial charge is 0.243 e. The van der Waals surface area contributed by atoms with Crippen molar-refractivity contribution < 1.29 is 9.90 Å². The molecule has 1 fully saturated rings. The monoisotopic (exact) mass is 183 g/mol. The van der Waals surface area contributed by atoms with E-state index >= 15 is 0 Å². The zero-order valence-corrected chi connectivity index (χ0v) is 7.88. The second-order valence-electron chi connectivity index (χ2n) is 3.69. The quantitative estimate of drug-likeness (QED) is 0.641. The number of nitrogens with one attached hydrogen (secondary N) is 1. The van der Waals surface area contributed by atoms with Crippen LogP contribution in [0.4, 0.5) is 0 Å². The van der Waals surface area contributed by atoms with Gasteiger partial charge in [-0.05, 0) is 18.9 Å². The van der Waals surface area contributed by atoms with Gasteiger partial charge in [-0.3, -0.25) is 4.79 Å². The lowest BCUT2D eigenvalue weighted by atomic mass is 9.82. The van der Waals surface area contributed by atoms with Crippen molar-refractivity contribution in [2.24, 2.45) is 0 Å². The van der Waals surface area contributed by atoms with E-state index in [1.165, 1.54) is 12.5 Å². The maximum absolute atomic E-state index is 11.1. The summed E-state index contributed by atoms with van der Waals surface area (Å²) in [4.78, 5) is 11.1. The number of carbonyl (C=O) groups is 1. The summed E-state index contributed by atoms with van der Waals surface area (Å²) in [5.41, 5.74) is -0.372. The average molecular weight is 183 g/mol. The van der Waals surface area contributed by atoms with E-state index in [-0.39, 0.29) is 18.1 Å². The van der Waals surface area contributed by atoms with Gasteiger partial charge in [-0.2, -0.15) is 0 Å². The number of hydrogen-bond acceptors (Lipinski definition) is 2. The number of amides is 1. The number of carbonyl (C=O) groups excluding carboxylic acids is 1. The third kappa shape index (κ3) is 2.56. The molecule has 1 aliphatic carbocycles. The Bertz CT molecular complexity index is 195. The van der Waals surface area contributed by atoms with Gasteiger partial charge in [0.15, 0.2) is 0 Å². The van der Waals surface area contributed by atoms with Crippen LogP contribution in [-0.2, 0) is 4.79 Å². The van der Waals surface area contributed by atoms with Crippen molar-refractivity contribution in [3.8, 4) is 0 Å². The summed E-state index contributed by atoms with van der Waals surface area (Å²) in [6.45, 7) is 3.43. The second-order valence-corrected chi connectivity index (χ2v) is 3.69. The summed E-state index contributed by atoms with van der Waals surface area (Å²) >= 11 is 0. The van der Waals surface area contributed by atoms with Gasteiger partial charge in [0.25, 0.3) is 0 Å². The standard InChI is InChI=1S/C10H17NO2/c1-2-9(13)11-10(8-12)6-4-3-5-7-10/h2,12H,1,3-8H2,(H,11,13). The molecule has 3 nitrogen and oxygen atoms in total. The van der Waals surface area contributed by atoms with E-state index in [9.17, 15) is 9.90 Å². The minimum absolute atomic E-state index is 0.0343. The zero-order chi connectivity index (χ0) is 9.73. The van der Waals surface area contributed by atoms with Gasteiger partial charge in [0.1, 0.15) is 0 Å². The fraction of sp³-hybridized carbons (Fsp3) is 0.700. The van der Waals surface area contributed by atoms with Crippen LogP contribution in [0.1, 0.15) is 32.1 Å². The highest BCUT2D eigenvalue weighted by Gasteiger charge is 2.31. The summed E-state index contributed by atoms with van der Waals surface area (Å²) in [5, 5.41) is 12.1. The van der Waals surface area contributed by atoms with E-state index < -0.39 is 0 Å². The molecule has 1 rings (SSSR count). The molecule has 1 saturated carbocycles. The normalized spacial score (nSPS) is 20.7. The van der Waals surface area contributed by atoms with Crippen molar-refractivity contribution in [1.82, 2.24) is 5.32 Å². The van der Waals surface area contributed by atoms with E-state index in [4.69, 9.17) is 0 Å². The van der Waals surface area contributed by atoms with E-state index in [0.717, 1.165) is 25.7 Å². The maximum Gasteiger partial charge on any atom is 0.243 e. The zero-order valence-electron chi connectivity index (χ0n) is 7.88. The molecule has 0 aliphatic heterocycles. The van der Waals surface area contributed by atoms with Crippen molar-refractivity contribution in [2.75, 3.05) is 6.61 Å². The predicted molar refractivity (Wildman–Crippen MR) is 51.2 cm³/mol. The summed E-state index contributed by atoms with van der Waals surface area (Å²) in [6.07, 6.45) is 6.37. The number of aliphatic hydroxyl groups is 1. The van der Waals surface area contributed by atoms with Crippen molar-refractivity contribution in [2.45, 2.75) is 37.6 Å². The minimum Gasteiger partial charge on any atom is -0.394 e. The van der Waals surface area contributed by atoms with E-state index in [0.29, 0.717) is 0 Å². The number of aliphatic hydroxyl groups excluding tert-OH is 1. The topological polar surface area (TPSA) is 49.3 Å². The third-order valence-corrected chi connectivity index (χ3v) is 2.69. The Labute approximate surface area is 78.8 Å². The predicted octanol–water partition coefficient (Wildman–Crippen LogP) is 0.984. The van der Waals surface area contributed by atoms with Gasteiger partial charge >= 0.3 is 0 Å². The molecule has 0 spiro atoms. The van der Waals surface area contributed by atoms with Gasteiger partial charge in [-0.25, -0.2) is 0 Å². The molecule has 0 aromatic carbocycles. The van der Waals surface area contributed by atoms with Crippen LogP contribution >= 0.6 is 0 Å². The van der Waals surface area contributed by atoms with Gasteiger partial charge in [0, 0.05) is 0 Å². The molecule has 13 heavy (non-hydrogen) atoms. The maximum atomic E-state index is 11.1. The van der Waals surface area contributed by atoms with Crippen molar-refractivity contribution >= 4 is 5.91 Å². The van der Waals surface area contributed by atoms with Gasteiger partial charge in [0.05, 0.1) is 12.1 Å². The molecule has 0 unspecified atom stereocenters. The highest BCUT2D eigenvalue weighted by atomic mass is 16.3. The minimum atomic E-state index is -0.372. The Kier molecular flexibility index (Phi) is 3.48. The van der Waals surface area contributed by atoms with Gasteiger partial charge < -0.3 is 10.4 Å². The Balaban J connectivity index is 2.56. The molecule has 0 atom stereocenters.